The first-order valence-electron chi connectivity index (χ1n) is 6.37. The summed E-state index contributed by atoms with van der Waals surface area (Å²) in [6.07, 6.45) is 1.57. The van der Waals surface area contributed by atoms with E-state index < -0.39 is 21.6 Å². The molecular weight excluding hydrogens is 325 g/mol. The first-order valence-corrected chi connectivity index (χ1v) is 7.77. The van der Waals surface area contributed by atoms with Crippen LogP contribution in [0, 0.1) is 0 Å². The fraction of sp³-hybridized carbons (Fsp3) is 0.462. The van der Waals surface area contributed by atoms with E-state index in [2.05, 4.69) is 8.92 Å². The van der Waals surface area contributed by atoms with Crippen LogP contribution in [-0.4, -0.2) is 27.0 Å². The number of rotatable bonds is 4. The number of methoxy groups -OCH3 is 1. The van der Waals surface area contributed by atoms with E-state index in [1.807, 2.05) is 0 Å². The summed E-state index contributed by atoms with van der Waals surface area (Å²) in [6, 6.07) is 2.54. The van der Waals surface area contributed by atoms with Crippen molar-refractivity contribution in [3.05, 3.63) is 28.8 Å². The van der Waals surface area contributed by atoms with Gasteiger partial charge in [-0.3, -0.25) is 4.79 Å². The number of carbonyl (C=O) groups is 1. The summed E-state index contributed by atoms with van der Waals surface area (Å²) < 4.78 is 68.2. The number of ether oxygens (including phenoxy) is 1. The monoisotopic (exact) mass is 338 g/mol. The molecule has 5 nitrogen and oxygen atoms in total. The first-order chi connectivity index (χ1) is 10.2. The quantitative estimate of drug-likeness (QED) is 0.478. The Kier molecular flexibility index (Phi) is 4.37. The van der Waals surface area contributed by atoms with E-state index in [0.29, 0.717) is 36.0 Å². The summed E-state index contributed by atoms with van der Waals surface area (Å²) >= 11 is 0. The predicted molar refractivity (Wildman–Crippen MR) is 69.8 cm³/mol. The molecule has 0 atom stereocenters. The normalized spacial score (nSPS) is 14.5. The van der Waals surface area contributed by atoms with Gasteiger partial charge in [0, 0.05) is 0 Å². The highest BCUT2D eigenvalue weighted by molar-refractivity contribution is 7.88. The minimum atomic E-state index is -5.70. The molecule has 1 aromatic rings. The minimum Gasteiger partial charge on any atom is -0.469 e. The van der Waals surface area contributed by atoms with Crippen molar-refractivity contribution in [2.75, 3.05) is 7.11 Å². The fourth-order valence-electron chi connectivity index (χ4n) is 2.38. The molecule has 0 radical (unpaired) electrons. The Morgan fingerprint density at radius 3 is 2.45 bits per heavy atom. The molecule has 0 spiro atoms. The summed E-state index contributed by atoms with van der Waals surface area (Å²) in [5.41, 5.74) is -3.82. The van der Waals surface area contributed by atoms with Crippen LogP contribution in [0.1, 0.15) is 23.1 Å². The van der Waals surface area contributed by atoms with Gasteiger partial charge >= 0.3 is 21.6 Å². The van der Waals surface area contributed by atoms with Crippen LogP contribution in [-0.2, 0) is 38.9 Å². The molecule has 22 heavy (non-hydrogen) atoms. The van der Waals surface area contributed by atoms with E-state index in [1.165, 1.54) is 13.2 Å². The topological polar surface area (TPSA) is 69.7 Å². The zero-order chi connectivity index (χ0) is 16.5. The highest BCUT2D eigenvalue weighted by atomic mass is 32.2. The van der Waals surface area contributed by atoms with Gasteiger partial charge in [-0.2, -0.15) is 21.6 Å². The molecule has 122 valence electrons. The van der Waals surface area contributed by atoms with Crippen molar-refractivity contribution in [1.29, 1.82) is 0 Å². The number of carbonyl (C=O) groups excluding carboxylic acids is 1. The van der Waals surface area contributed by atoms with E-state index in [0.717, 1.165) is 6.07 Å². The third-order valence-corrected chi connectivity index (χ3v) is 4.35. The van der Waals surface area contributed by atoms with Crippen LogP contribution in [0.2, 0.25) is 0 Å². The number of halogens is 3. The Balaban J connectivity index is 2.37. The minimum absolute atomic E-state index is 0.0227. The van der Waals surface area contributed by atoms with Crippen LogP contribution in [0.3, 0.4) is 0 Å². The maximum atomic E-state index is 12.4. The zero-order valence-electron chi connectivity index (χ0n) is 11.6. The van der Waals surface area contributed by atoms with Gasteiger partial charge in [-0.1, -0.05) is 6.07 Å². The maximum absolute atomic E-state index is 12.4. The molecule has 0 N–H and O–H groups in total. The van der Waals surface area contributed by atoms with Crippen molar-refractivity contribution in [3.63, 3.8) is 0 Å². The average molecular weight is 338 g/mol. The third kappa shape index (κ3) is 3.18. The van der Waals surface area contributed by atoms with E-state index in [1.54, 1.807) is 0 Å². The lowest BCUT2D eigenvalue weighted by Crippen LogP contribution is -2.28. The van der Waals surface area contributed by atoms with Gasteiger partial charge in [-0.25, -0.2) is 0 Å². The van der Waals surface area contributed by atoms with Gasteiger partial charge in [-0.15, -0.1) is 0 Å². The first kappa shape index (κ1) is 16.6. The van der Waals surface area contributed by atoms with Crippen molar-refractivity contribution in [3.8, 4) is 5.75 Å². The Hall–Kier alpha value is -1.77. The molecule has 1 aromatic carbocycles. The molecule has 0 aliphatic heterocycles. The molecule has 1 aliphatic carbocycles. The summed E-state index contributed by atoms with van der Waals surface area (Å²) in [6.45, 7) is 0. The van der Waals surface area contributed by atoms with Gasteiger partial charge in [0.1, 0.15) is 5.75 Å². The Bertz CT molecular complexity index is 694. The highest BCUT2D eigenvalue weighted by Gasteiger charge is 2.49. The van der Waals surface area contributed by atoms with Crippen LogP contribution in [0.5, 0.6) is 5.75 Å². The predicted octanol–water partition coefficient (Wildman–Crippen LogP) is 2.12. The van der Waals surface area contributed by atoms with E-state index >= 15 is 0 Å². The summed E-state index contributed by atoms with van der Waals surface area (Å²) in [5, 5.41) is 0. The van der Waals surface area contributed by atoms with Crippen LogP contribution in [0.4, 0.5) is 13.2 Å². The zero-order valence-corrected chi connectivity index (χ0v) is 12.4. The largest absolute Gasteiger partial charge is 0.534 e. The maximum Gasteiger partial charge on any atom is 0.534 e. The lowest BCUT2D eigenvalue weighted by molar-refractivity contribution is -0.139. The molecule has 0 fully saturated rings. The summed E-state index contributed by atoms with van der Waals surface area (Å²) in [7, 11) is -4.47. The van der Waals surface area contributed by atoms with Crippen LogP contribution >= 0.6 is 0 Å². The summed E-state index contributed by atoms with van der Waals surface area (Å²) in [5.74, 6) is -0.816. The summed E-state index contributed by atoms with van der Waals surface area (Å²) in [4.78, 5) is 11.3. The molecule has 0 saturated carbocycles. The van der Waals surface area contributed by atoms with Gasteiger partial charge < -0.3 is 8.92 Å². The van der Waals surface area contributed by atoms with Gasteiger partial charge in [0.15, 0.2) is 0 Å². The average Bonchev–Trinajstić information content (AvgIpc) is 2.89. The molecule has 9 heteroatoms. The molecule has 1 aliphatic rings. The van der Waals surface area contributed by atoms with Gasteiger partial charge in [0.2, 0.25) is 0 Å². The van der Waals surface area contributed by atoms with Gasteiger partial charge in [0.05, 0.1) is 13.5 Å². The number of hydrogen-bond acceptors (Lipinski definition) is 5. The van der Waals surface area contributed by atoms with Gasteiger partial charge in [-0.05, 0) is 42.0 Å². The van der Waals surface area contributed by atoms with Crippen molar-refractivity contribution in [1.82, 2.24) is 0 Å². The molecule has 0 unspecified atom stereocenters. The van der Waals surface area contributed by atoms with E-state index in [-0.39, 0.29) is 12.2 Å². The fourth-order valence-corrected chi connectivity index (χ4v) is 2.87. The lowest BCUT2D eigenvalue weighted by Gasteiger charge is -2.14. The molecule has 0 aromatic heterocycles. The number of hydrogen-bond donors (Lipinski definition) is 0. The Labute approximate surface area is 125 Å². The van der Waals surface area contributed by atoms with Crippen LogP contribution in [0.15, 0.2) is 12.1 Å². The smallest absolute Gasteiger partial charge is 0.469 e. The SMILES string of the molecule is COC(=O)Cc1ccc(OS(=O)(=O)C(F)(F)F)c2c1CCC2. The number of esters is 1. The van der Waals surface area contributed by atoms with E-state index in [9.17, 15) is 26.4 Å². The Morgan fingerprint density at radius 1 is 1.23 bits per heavy atom. The molecule has 0 amide bonds. The third-order valence-electron chi connectivity index (χ3n) is 3.38. The number of alkyl halides is 3. The standard InChI is InChI=1S/C13H13F3O5S/c1-20-12(17)7-8-5-6-11(10-4-2-3-9(8)10)21-22(18,19)13(14,15)16/h5-6H,2-4,7H2,1H3. The number of benzene rings is 1. The van der Waals surface area contributed by atoms with Crippen LogP contribution < -0.4 is 4.18 Å². The second kappa shape index (κ2) is 5.79. The van der Waals surface area contributed by atoms with Crippen LogP contribution in [0.25, 0.3) is 0 Å². The van der Waals surface area contributed by atoms with Gasteiger partial charge in [0.25, 0.3) is 0 Å². The molecule has 0 heterocycles. The number of fused-ring (bicyclic) bond motifs is 1. The Morgan fingerprint density at radius 2 is 1.86 bits per heavy atom. The lowest BCUT2D eigenvalue weighted by atomic mass is 10.00. The van der Waals surface area contributed by atoms with E-state index in [4.69, 9.17) is 0 Å². The van der Waals surface area contributed by atoms with Crippen molar-refractivity contribution in [2.45, 2.75) is 31.2 Å². The van der Waals surface area contributed by atoms with Crippen molar-refractivity contribution >= 4 is 16.1 Å². The molecule has 0 saturated heterocycles. The molecular formula is C13H13F3O5S. The highest BCUT2D eigenvalue weighted by Crippen LogP contribution is 2.36. The van der Waals surface area contributed by atoms with Crippen molar-refractivity contribution in [2.24, 2.45) is 0 Å². The van der Waals surface area contributed by atoms with Crippen molar-refractivity contribution < 1.29 is 35.3 Å². The molecule has 2 rings (SSSR count). The second-order valence-electron chi connectivity index (χ2n) is 4.77. The second-order valence-corrected chi connectivity index (χ2v) is 6.31. The molecule has 0 bridgehead atoms.